The molecule has 1 heteroatoms. The van der Waals surface area contributed by atoms with Gasteiger partial charge in [-0.15, -0.1) is 0 Å². The quantitative estimate of drug-likeness (QED) is 0.617. The first-order valence-corrected chi connectivity index (χ1v) is 10.2. The Morgan fingerprint density at radius 1 is 0.905 bits per heavy atom. The normalized spacial score (nSPS) is 17.0. The molecule has 1 aliphatic rings. The Hall–Kier alpha value is -1.60. The van der Waals surface area contributed by atoms with Crippen molar-refractivity contribution >= 4 is 14.9 Å². The van der Waals surface area contributed by atoms with E-state index in [0.717, 1.165) is 0 Å². The van der Waals surface area contributed by atoms with E-state index in [-0.39, 0.29) is 8.80 Å². The molecular formula is C20H23Si. The average molecular weight is 291 g/mol. The van der Waals surface area contributed by atoms with Gasteiger partial charge in [-0.3, -0.25) is 0 Å². The van der Waals surface area contributed by atoms with Gasteiger partial charge in [-0.1, -0.05) is 72.3 Å². The van der Waals surface area contributed by atoms with Gasteiger partial charge in [0.15, 0.2) is 0 Å². The van der Waals surface area contributed by atoms with E-state index >= 15 is 0 Å². The smallest absolute Gasteiger partial charge is 0.0551 e. The number of aryl methyl sites for hydroxylation is 2. The Morgan fingerprint density at radius 2 is 1.57 bits per heavy atom. The molecule has 0 saturated carbocycles. The van der Waals surface area contributed by atoms with Crippen molar-refractivity contribution in [1.29, 1.82) is 0 Å². The highest BCUT2D eigenvalue weighted by Gasteiger charge is 2.27. The van der Waals surface area contributed by atoms with E-state index in [1.807, 2.05) is 0 Å². The lowest BCUT2D eigenvalue weighted by molar-refractivity contribution is 1.10. The van der Waals surface area contributed by atoms with Crippen LogP contribution in [0.3, 0.4) is 0 Å². The van der Waals surface area contributed by atoms with Crippen molar-refractivity contribution in [2.75, 3.05) is 0 Å². The molecule has 0 spiro atoms. The molecule has 1 aliphatic carbocycles. The molecular weight excluding hydrogens is 268 g/mol. The third kappa shape index (κ3) is 2.51. The predicted octanol–water partition coefficient (Wildman–Crippen LogP) is 5.76. The van der Waals surface area contributed by atoms with Crippen molar-refractivity contribution in [3.63, 3.8) is 0 Å². The molecule has 0 fully saturated rings. The van der Waals surface area contributed by atoms with Gasteiger partial charge in [0.25, 0.3) is 0 Å². The second-order valence-corrected chi connectivity index (χ2v) is 9.32. The van der Waals surface area contributed by atoms with Crippen LogP contribution in [0.2, 0.25) is 13.1 Å². The first kappa shape index (κ1) is 14.3. The van der Waals surface area contributed by atoms with Crippen LogP contribution in [0.5, 0.6) is 0 Å². The molecule has 3 rings (SSSR count). The van der Waals surface area contributed by atoms with E-state index in [4.69, 9.17) is 0 Å². The van der Waals surface area contributed by atoms with Crippen molar-refractivity contribution in [3.05, 3.63) is 64.2 Å². The summed E-state index contributed by atoms with van der Waals surface area (Å²) in [5.74, 6) is 0. The van der Waals surface area contributed by atoms with Crippen LogP contribution in [-0.4, -0.2) is 8.80 Å². The molecule has 0 heterocycles. The Labute approximate surface area is 130 Å². The first-order valence-electron chi connectivity index (χ1n) is 7.67. The number of benzene rings is 2. The monoisotopic (exact) mass is 291 g/mol. The van der Waals surface area contributed by atoms with Crippen LogP contribution in [0, 0.1) is 13.8 Å². The minimum absolute atomic E-state index is 0.355. The molecule has 2 aromatic carbocycles. The fourth-order valence-electron chi connectivity index (χ4n) is 3.70. The lowest BCUT2D eigenvalue weighted by Crippen LogP contribution is -2.15. The van der Waals surface area contributed by atoms with Gasteiger partial charge in [-0.25, -0.2) is 0 Å². The van der Waals surface area contributed by atoms with Crippen LogP contribution in [-0.2, 0) is 0 Å². The number of hydrogen-bond acceptors (Lipinski definition) is 0. The zero-order chi connectivity index (χ0) is 15.1. The first-order chi connectivity index (χ1) is 9.97. The van der Waals surface area contributed by atoms with Crippen LogP contribution < -0.4 is 0 Å². The Balaban J connectivity index is 2.19. The summed E-state index contributed by atoms with van der Waals surface area (Å²) in [4.78, 5) is 0. The summed E-state index contributed by atoms with van der Waals surface area (Å²) >= 11 is 0. The summed E-state index contributed by atoms with van der Waals surface area (Å²) in [5.41, 5.74) is 10.7. The van der Waals surface area contributed by atoms with Crippen LogP contribution in [0.15, 0.2) is 42.0 Å². The summed E-state index contributed by atoms with van der Waals surface area (Å²) in [6, 6.07) is 13.7. The van der Waals surface area contributed by atoms with Crippen molar-refractivity contribution < 1.29 is 0 Å². The van der Waals surface area contributed by atoms with Crippen LogP contribution >= 0.6 is 0 Å². The van der Waals surface area contributed by atoms with Gasteiger partial charge < -0.3 is 0 Å². The fourth-order valence-corrected chi connectivity index (χ4v) is 5.57. The largest absolute Gasteiger partial charge is 0.0705 e. The highest BCUT2D eigenvalue weighted by atomic mass is 28.3. The van der Waals surface area contributed by atoms with Gasteiger partial charge in [0.1, 0.15) is 0 Å². The maximum absolute atomic E-state index is 2.42. The zero-order valence-corrected chi connectivity index (χ0v) is 14.6. The molecule has 1 atom stereocenters. The van der Waals surface area contributed by atoms with Crippen molar-refractivity contribution in [3.8, 4) is 11.1 Å². The zero-order valence-electron chi connectivity index (χ0n) is 13.6. The molecule has 0 nitrogen and oxygen atoms in total. The van der Waals surface area contributed by atoms with Gasteiger partial charge in [0.2, 0.25) is 0 Å². The molecule has 2 aromatic rings. The van der Waals surface area contributed by atoms with Gasteiger partial charge >= 0.3 is 0 Å². The van der Waals surface area contributed by atoms with Crippen molar-refractivity contribution in [2.45, 2.75) is 39.4 Å². The molecule has 21 heavy (non-hydrogen) atoms. The highest BCUT2D eigenvalue weighted by molar-refractivity contribution is 6.58. The number of fused-ring (bicyclic) bond motifs is 1. The van der Waals surface area contributed by atoms with E-state index < -0.39 is 0 Å². The summed E-state index contributed by atoms with van der Waals surface area (Å²) in [7, 11) is -0.355. The molecule has 1 radical (unpaired) electrons. The maximum Gasteiger partial charge on any atom is 0.0551 e. The van der Waals surface area contributed by atoms with E-state index in [0.29, 0.717) is 5.54 Å². The fraction of sp³-hybridized carbons (Fsp3) is 0.300. The van der Waals surface area contributed by atoms with Crippen LogP contribution in [0.25, 0.3) is 17.2 Å². The summed E-state index contributed by atoms with van der Waals surface area (Å²) in [6.07, 6.45) is 2.42. The SMILES string of the molecule is CC1=Cc2c(-c3cc(C)cc(C)c3)cccc2C1[Si](C)C. The van der Waals surface area contributed by atoms with Gasteiger partial charge in [-0.2, -0.15) is 0 Å². The average Bonchev–Trinajstić information content (AvgIpc) is 2.73. The molecule has 107 valence electrons. The molecule has 1 unspecified atom stereocenters. The van der Waals surface area contributed by atoms with E-state index in [1.54, 1.807) is 11.1 Å². The maximum atomic E-state index is 2.42. The number of rotatable bonds is 2. The highest BCUT2D eigenvalue weighted by Crippen LogP contribution is 2.42. The standard InChI is InChI=1S/C20H23Si/c1-13-9-14(2)11-16(10-13)17-7-6-8-18-19(17)12-15(3)20(18)21(4)5/h6-12,20H,1-5H3. The van der Waals surface area contributed by atoms with Gasteiger partial charge in [0, 0.05) is 0 Å². The van der Waals surface area contributed by atoms with Gasteiger partial charge in [0.05, 0.1) is 8.80 Å². The topological polar surface area (TPSA) is 0 Å². The molecule has 0 N–H and O–H groups in total. The van der Waals surface area contributed by atoms with E-state index in [9.17, 15) is 0 Å². The Bertz CT molecular complexity index is 702. The predicted molar refractivity (Wildman–Crippen MR) is 95.2 cm³/mol. The molecule has 0 amide bonds. The number of hydrogen-bond donors (Lipinski definition) is 0. The minimum Gasteiger partial charge on any atom is -0.0705 e. The van der Waals surface area contributed by atoms with Gasteiger partial charge in [-0.05, 0) is 48.6 Å². The van der Waals surface area contributed by atoms with Crippen LogP contribution in [0.4, 0.5) is 0 Å². The third-order valence-electron chi connectivity index (χ3n) is 4.39. The lowest BCUT2D eigenvalue weighted by Gasteiger charge is -2.18. The Morgan fingerprint density at radius 3 is 2.19 bits per heavy atom. The molecule has 0 aliphatic heterocycles. The Kier molecular flexibility index (Phi) is 3.62. The van der Waals surface area contributed by atoms with E-state index in [2.05, 4.69) is 76.3 Å². The third-order valence-corrected chi connectivity index (χ3v) is 6.31. The van der Waals surface area contributed by atoms with E-state index in [1.165, 1.54) is 27.8 Å². The molecule has 0 bridgehead atoms. The van der Waals surface area contributed by atoms with Crippen LogP contribution in [0.1, 0.15) is 34.7 Å². The summed E-state index contributed by atoms with van der Waals surface area (Å²) in [6.45, 7) is 11.5. The molecule has 0 saturated heterocycles. The lowest BCUT2D eigenvalue weighted by atomic mass is 9.95. The summed E-state index contributed by atoms with van der Waals surface area (Å²) in [5, 5.41) is 0. The van der Waals surface area contributed by atoms with Crippen molar-refractivity contribution in [2.24, 2.45) is 0 Å². The number of allylic oxidation sites excluding steroid dienone is 1. The van der Waals surface area contributed by atoms with Crippen molar-refractivity contribution in [1.82, 2.24) is 0 Å². The summed E-state index contributed by atoms with van der Waals surface area (Å²) < 4.78 is 0. The molecule has 0 aromatic heterocycles. The second kappa shape index (κ2) is 5.30. The minimum atomic E-state index is -0.355. The second-order valence-electron chi connectivity index (χ2n) is 6.58.